The van der Waals surface area contributed by atoms with Gasteiger partial charge in [-0.1, -0.05) is 23.4 Å². The number of para-hydroxylation sites is 1. The van der Waals surface area contributed by atoms with Crippen molar-refractivity contribution in [2.45, 2.75) is 20.0 Å². The largest absolute Gasteiger partial charge is 0.340 e. The summed E-state index contributed by atoms with van der Waals surface area (Å²) in [7, 11) is 0. The van der Waals surface area contributed by atoms with Crippen molar-refractivity contribution in [3.8, 4) is 5.69 Å². The first-order chi connectivity index (χ1) is 12.3. The zero-order chi connectivity index (χ0) is 17.1. The number of aromatic nitrogens is 6. The van der Waals surface area contributed by atoms with Gasteiger partial charge in [0.1, 0.15) is 0 Å². The van der Waals surface area contributed by atoms with E-state index >= 15 is 0 Å². The molecule has 4 rings (SSSR count). The molecule has 2 aromatic heterocycles. The lowest BCUT2D eigenvalue weighted by molar-refractivity contribution is 0.116. The Morgan fingerprint density at radius 3 is 2.40 bits per heavy atom. The molecule has 0 radical (unpaired) electrons. The Balaban J connectivity index is 1.34. The van der Waals surface area contributed by atoms with Gasteiger partial charge in [0.05, 0.1) is 18.8 Å². The van der Waals surface area contributed by atoms with E-state index in [9.17, 15) is 0 Å². The molecule has 25 heavy (non-hydrogen) atoms. The summed E-state index contributed by atoms with van der Waals surface area (Å²) in [5.74, 6) is 2.22. The van der Waals surface area contributed by atoms with Gasteiger partial charge in [-0.05, 0) is 22.6 Å². The molecule has 1 aliphatic heterocycles. The van der Waals surface area contributed by atoms with Crippen LogP contribution in [-0.2, 0) is 13.1 Å². The minimum Gasteiger partial charge on any atom is -0.340 e. The van der Waals surface area contributed by atoms with Crippen LogP contribution in [0.4, 0.5) is 0 Å². The van der Waals surface area contributed by atoms with E-state index in [-0.39, 0.29) is 0 Å². The molecule has 0 unspecified atom stereocenters. The number of rotatable bonds is 5. The summed E-state index contributed by atoms with van der Waals surface area (Å²) in [6, 6.07) is 9.96. The SMILES string of the molecule is Cc1nc(CN2CCN(Cc3nnnn3-c3ccccc3)CC2)no1. The number of tetrazole rings is 1. The quantitative estimate of drug-likeness (QED) is 0.670. The second-order valence-corrected chi connectivity index (χ2v) is 6.12. The Morgan fingerprint density at radius 1 is 1.00 bits per heavy atom. The van der Waals surface area contributed by atoms with Crippen LogP contribution in [0.2, 0.25) is 0 Å². The maximum absolute atomic E-state index is 5.03. The summed E-state index contributed by atoms with van der Waals surface area (Å²) in [5, 5.41) is 16.1. The third-order valence-corrected chi connectivity index (χ3v) is 4.30. The molecule has 3 aromatic rings. The predicted octanol–water partition coefficient (Wildman–Crippen LogP) is 0.672. The van der Waals surface area contributed by atoms with Crippen LogP contribution in [0.3, 0.4) is 0 Å². The van der Waals surface area contributed by atoms with Gasteiger partial charge in [0.15, 0.2) is 11.6 Å². The second kappa shape index (κ2) is 7.08. The third-order valence-electron chi connectivity index (χ3n) is 4.30. The summed E-state index contributed by atoms with van der Waals surface area (Å²) < 4.78 is 6.83. The maximum Gasteiger partial charge on any atom is 0.223 e. The van der Waals surface area contributed by atoms with Gasteiger partial charge in [-0.15, -0.1) is 5.10 Å². The van der Waals surface area contributed by atoms with Gasteiger partial charge >= 0.3 is 0 Å². The van der Waals surface area contributed by atoms with Gasteiger partial charge < -0.3 is 4.52 Å². The Morgan fingerprint density at radius 2 is 1.72 bits per heavy atom. The predicted molar refractivity (Wildman–Crippen MR) is 88.7 cm³/mol. The highest BCUT2D eigenvalue weighted by atomic mass is 16.5. The van der Waals surface area contributed by atoms with E-state index in [4.69, 9.17) is 4.52 Å². The zero-order valence-electron chi connectivity index (χ0n) is 14.1. The lowest BCUT2D eigenvalue weighted by Crippen LogP contribution is -2.45. The smallest absolute Gasteiger partial charge is 0.223 e. The van der Waals surface area contributed by atoms with Crippen molar-refractivity contribution in [1.82, 2.24) is 40.1 Å². The lowest BCUT2D eigenvalue weighted by atomic mass is 10.3. The number of benzene rings is 1. The molecule has 0 spiro atoms. The molecule has 1 saturated heterocycles. The topological polar surface area (TPSA) is 89.0 Å². The maximum atomic E-state index is 5.03. The average Bonchev–Trinajstić information content (AvgIpc) is 3.26. The van der Waals surface area contributed by atoms with E-state index in [0.29, 0.717) is 5.89 Å². The zero-order valence-corrected chi connectivity index (χ0v) is 14.1. The molecular weight excluding hydrogens is 320 g/mol. The van der Waals surface area contributed by atoms with Crippen molar-refractivity contribution in [1.29, 1.82) is 0 Å². The fraction of sp³-hybridized carbons (Fsp3) is 0.438. The van der Waals surface area contributed by atoms with Gasteiger partial charge in [0.25, 0.3) is 0 Å². The van der Waals surface area contributed by atoms with E-state index in [1.807, 2.05) is 37.3 Å². The highest BCUT2D eigenvalue weighted by Crippen LogP contribution is 2.12. The Hall–Kier alpha value is -2.65. The average molecular weight is 340 g/mol. The Bertz CT molecular complexity index is 806. The lowest BCUT2D eigenvalue weighted by Gasteiger charge is -2.33. The molecule has 0 saturated carbocycles. The molecule has 0 amide bonds. The normalized spacial score (nSPS) is 16.4. The van der Waals surface area contributed by atoms with Gasteiger partial charge in [-0.2, -0.15) is 9.67 Å². The van der Waals surface area contributed by atoms with Crippen molar-refractivity contribution in [3.05, 3.63) is 47.9 Å². The summed E-state index contributed by atoms with van der Waals surface area (Å²) in [5.41, 5.74) is 0.980. The van der Waals surface area contributed by atoms with E-state index in [1.165, 1.54) is 0 Å². The molecule has 130 valence electrons. The number of aryl methyl sites for hydroxylation is 1. The van der Waals surface area contributed by atoms with Crippen LogP contribution in [0.25, 0.3) is 5.69 Å². The van der Waals surface area contributed by atoms with Crippen molar-refractivity contribution < 1.29 is 4.52 Å². The first-order valence-corrected chi connectivity index (χ1v) is 8.34. The molecule has 1 aromatic carbocycles. The van der Waals surface area contributed by atoms with E-state index in [0.717, 1.165) is 56.6 Å². The minimum atomic E-state index is 0.612. The van der Waals surface area contributed by atoms with Crippen molar-refractivity contribution in [3.63, 3.8) is 0 Å². The van der Waals surface area contributed by atoms with Crippen LogP contribution in [0, 0.1) is 6.92 Å². The summed E-state index contributed by atoms with van der Waals surface area (Å²) in [4.78, 5) is 8.97. The number of nitrogens with zero attached hydrogens (tertiary/aromatic N) is 8. The number of hydrogen-bond donors (Lipinski definition) is 0. The van der Waals surface area contributed by atoms with Crippen LogP contribution in [-0.4, -0.2) is 66.3 Å². The standard InChI is InChI=1S/C16H20N8O/c1-13-17-15(19-25-13)11-22-7-9-23(10-8-22)12-16-18-20-21-24(16)14-5-3-2-4-6-14/h2-6H,7-12H2,1H3. The highest BCUT2D eigenvalue weighted by Gasteiger charge is 2.21. The summed E-state index contributed by atoms with van der Waals surface area (Å²) >= 11 is 0. The highest BCUT2D eigenvalue weighted by molar-refractivity contribution is 5.30. The Labute approximate surface area is 145 Å². The van der Waals surface area contributed by atoms with Crippen LogP contribution >= 0.6 is 0 Å². The van der Waals surface area contributed by atoms with Gasteiger partial charge in [0, 0.05) is 33.1 Å². The molecular formula is C16H20N8O. The molecule has 9 nitrogen and oxygen atoms in total. The van der Waals surface area contributed by atoms with E-state index in [1.54, 1.807) is 4.68 Å². The van der Waals surface area contributed by atoms with E-state index in [2.05, 4.69) is 35.5 Å². The molecule has 0 N–H and O–H groups in total. The monoisotopic (exact) mass is 340 g/mol. The van der Waals surface area contributed by atoms with Crippen LogP contribution in [0.1, 0.15) is 17.5 Å². The van der Waals surface area contributed by atoms with Crippen LogP contribution in [0.15, 0.2) is 34.9 Å². The Kier molecular flexibility index (Phi) is 4.49. The van der Waals surface area contributed by atoms with Crippen molar-refractivity contribution in [2.24, 2.45) is 0 Å². The van der Waals surface area contributed by atoms with E-state index < -0.39 is 0 Å². The molecule has 3 heterocycles. The number of hydrogen-bond acceptors (Lipinski definition) is 8. The molecule has 1 aliphatic rings. The first kappa shape index (κ1) is 15.9. The minimum absolute atomic E-state index is 0.612. The fourth-order valence-electron chi connectivity index (χ4n) is 2.99. The van der Waals surface area contributed by atoms with Crippen molar-refractivity contribution >= 4 is 0 Å². The second-order valence-electron chi connectivity index (χ2n) is 6.12. The fourth-order valence-corrected chi connectivity index (χ4v) is 2.99. The first-order valence-electron chi connectivity index (χ1n) is 8.34. The summed E-state index contributed by atoms with van der Waals surface area (Å²) in [6.45, 7) is 7.10. The number of piperazine rings is 1. The molecule has 1 fully saturated rings. The molecule has 0 bridgehead atoms. The van der Waals surface area contributed by atoms with Gasteiger partial charge in [0.2, 0.25) is 5.89 Å². The van der Waals surface area contributed by atoms with Gasteiger partial charge in [-0.25, -0.2) is 0 Å². The van der Waals surface area contributed by atoms with Crippen molar-refractivity contribution in [2.75, 3.05) is 26.2 Å². The molecule has 9 heteroatoms. The summed E-state index contributed by atoms with van der Waals surface area (Å²) in [6.07, 6.45) is 0. The molecule has 0 atom stereocenters. The van der Waals surface area contributed by atoms with Crippen LogP contribution < -0.4 is 0 Å². The van der Waals surface area contributed by atoms with Gasteiger partial charge in [-0.3, -0.25) is 9.80 Å². The molecule has 0 aliphatic carbocycles. The third kappa shape index (κ3) is 3.72. The van der Waals surface area contributed by atoms with Crippen LogP contribution in [0.5, 0.6) is 0 Å².